The molecule has 14 heavy (non-hydrogen) atoms. The number of hydrogen-bond acceptors (Lipinski definition) is 4. The zero-order valence-electron chi connectivity index (χ0n) is 7.24. The van der Waals surface area contributed by atoms with E-state index in [1.165, 1.54) is 25.3 Å². The number of carbonyl (C=O) groups excluding carboxylic acids is 2. The van der Waals surface area contributed by atoms with E-state index in [2.05, 4.69) is 20.7 Å². The largest absolute Gasteiger partial charge is 0.545 e. The van der Waals surface area contributed by atoms with Crippen molar-refractivity contribution in [3.05, 3.63) is 33.8 Å². The molecule has 0 aromatic heterocycles. The Hall–Kier alpha value is -1.36. The topological polar surface area (TPSA) is 66.4 Å². The highest BCUT2D eigenvalue weighted by molar-refractivity contribution is 9.10. The molecule has 0 aliphatic heterocycles. The summed E-state index contributed by atoms with van der Waals surface area (Å²) in [5.74, 6) is -2.11. The van der Waals surface area contributed by atoms with Crippen molar-refractivity contribution in [2.75, 3.05) is 7.11 Å². The lowest BCUT2D eigenvalue weighted by Gasteiger charge is -2.08. The summed E-state index contributed by atoms with van der Waals surface area (Å²) in [4.78, 5) is 21.8. The van der Waals surface area contributed by atoms with Crippen LogP contribution in [0.15, 0.2) is 22.7 Å². The maximum atomic E-state index is 11.2. The van der Waals surface area contributed by atoms with Gasteiger partial charge in [-0.2, -0.15) is 0 Å². The van der Waals surface area contributed by atoms with Crippen molar-refractivity contribution >= 4 is 27.9 Å². The summed E-state index contributed by atoms with van der Waals surface area (Å²) in [5.41, 5.74) is -0.207. The Morgan fingerprint density at radius 2 is 2.00 bits per heavy atom. The van der Waals surface area contributed by atoms with Gasteiger partial charge in [0.1, 0.15) is 0 Å². The Morgan fingerprint density at radius 1 is 1.36 bits per heavy atom. The van der Waals surface area contributed by atoms with Gasteiger partial charge in [-0.05, 0) is 12.1 Å². The standard InChI is InChI=1S/C9H7BrO4/c1-14-9(13)7-4-5(10)2-3-6(7)8(11)12/h2-4H,1H3,(H,11,12)/p-1. The zero-order chi connectivity index (χ0) is 10.7. The molecule has 0 spiro atoms. The summed E-state index contributed by atoms with van der Waals surface area (Å²) < 4.78 is 5.03. The minimum atomic E-state index is -1.40. The second-order valence-corrected chi connectivity index (χ2v) is 3.38. The number of benzene rings is 1. The summed E-state index contributed by atoms with van der Waals surface area (Å²) >= 11 is 3.12. The van der Waals surface area contributed by atoms with Gasteiger partial charge in [-0.1, -0.05) is 22.0 Å². The summed E-state index contributed by atoms with van der Waals surface area (Å²) in [6.07, 6.45) is 0. The molecule has 0 amide bonds. The molecule has 0 unspecified atom stereocenters. The first-order chi connectivity index (χ1) is 6.56. The van der Waals surface area contributed by atoms with Crippen LogP contribution in [0, 0.1) is 0 Å². The van der Waals surface area contributed by atoms with Gasteiger partial charge in [0.25, 0.3) is 0 Å². The molecular formula is C9H6BrO4-. The first-order valence-electron chi connectivity index (χ1n) is 3.65. The highest BCUT2D eigenvalue weighted by Gasteiger charge is 2.12. The predicted molar refractivity (Wildman–Crippen MR) is 49.8 cm³/mol. The minimum absolute atomic E-state index is 0.0260. The summed E-state index contributed by atoms with van der Waals surface area (Å²) in [6.45, 7) is 0. The third-order valence-electron chi connectivity index (χ3n) is 1.61. The van der Waals surface area contributed by atoms with Gasteiger partial charge in [0.05, 0.1) is 18.6 Å². The van der Waals surface area contributed by atoms with Crippen molar-refractivity contribution in [1.82, 2.24) is 0 Å². The number of ether oxygens (including phenoxy) is 1. The molecule has 1 rings (SSSR count). The van der Waals surface area contributed by atoms with Crippen molar-refractivity contribution in [3.63, 3.8) is 0 Å². The van der Waals surface area contributed by atoms with Crippen LogP contribution in [-0.2, 0) is 4.74 Å². The fraction of sp³-hybridized carbons (Fsp3) is 0.111. The smallest absolute Gasteiger partial charge is 0.338 e. The van der Waals surface area contributed by atoms with Crippen molar-refractivity contribution < 1.29 is 19.4 Å². The van der Waals surface area contributed by atoms with E-state index in [0.29, 0.717) is 4.47 Å². The van der Waals surface area contributed by atoms with Crippen LogP contribution >= 0.6 is 15.9 Å². The Balaban J connectivity index is 3.29. The Kier molecular flexibility index (Phi) is 3.24. The van der Waals surface area contributed by atoms with Crippen LogP contribution in [0.1, 0.15) is 20.7 Å². The summed E-state index contributed by atoms with van der Waals surface area (Å²) in [5, 5.41) is 10.6. The number of halogens is 1. The lowest BCUT2D eigenvalue weighted by Crippen LogP contribution is -2.25. The minimum Gasteiger partial charge on any atom is -0.545 e. The first kappa shape index (κ1) is 10.7. The summed E-state index contributed by atoms with van der Waals surface area (Å²) in [6, 6.07) is 4.17. The molecular weight excluding hydrogens is 252 g/mol. The van der Waals surface area contributed by atoms with Gasteiger partial charge in [-0.15, -0.1) is 0 Å². The number of aromatic carboxylic acids is 1. The number of carboxylic acids is 1. The van der Waals surface area contributed by atoms with E-state index in [4.69, 9.17) is 0 Å². The highest BCUT2D eigenvalue weighted by atomic mass is 79.9. The molecule has 0 atom stereocenters. The Morgan fingerprint density at radius 3 is 2.50 bits per heavy atom. The Labute approximate surface area is 88.6 Å². The van der Waals surface area contributed by atoms with E-state index in [0.717, 1.165) is 0 Å². The van der Waals surface area contributed by atoms with Crippen molar-refractivity contribution in [1.29, 1.82) is 0 Å². The maximum absolute atomic E-state index is 11.2. The number of esters is 1. The first-order valence-corrected chi connectivity index (χ1v) is 4.44. The van der Waals surface area contributed by atoms with Crippen LogP contribution in [0.25, 0.3) is 0 Å². The third kappa shape index (κ3) is 2.11. The van der Waals surface area contributed by atoms with Crippen molar-refractivity contribution in [2.45, 2.75) is 0 Å². The lowest BCUT2D eigenvalue weighted by molar-refractivity contribution is -0.255. The quantitative estimate of drug-likeness (QED) is 0.728. The molecule has 0 radical (unpaired) electrons. The van der Waals surface area contributed by atoms with Gasteiger partial charge in [0, 0.05) is 10.0 Å². The maximum Gasteiger partial charge on any atom is 0.338 e. The van der Waals surface area contributed by atoms with E-state index in [1.54, 1.807) is 0 Å². The van der Waals surface area contributed by atoms with Crippen LogP contribution in [-0.4, -0.2) is 19.0 Å². The SMILES string of the molecule is COC(=O)c1cc(Br)ccc1C(=O)[O-]. The van der Waals surface area contributed by atoms with Gasteiger partial charge >= 0.3 is 5.97 Å². The molecule has 0 N–H and O–H groups in total. The molecule has 0 fully saturated rings. The Bertz CT molecular complexity index is 386. The molecule has 0 aliphatic rings. The average molecular weight is 258 g/mol. The molecule has 0 aliphatic carbocycles. The zero-order valence-corrected chi connectivity index (χ0v) is 8.83. The number of rotatable bonds is 2. The molecule has 0 bridgehead atoms. The van der Waals surface area contributed by atoms with E-state index >= 15 is 0 Å². The van der Waals surface area contributed by atoms with Crippen LogP contribution in [0.2, 0.25) is 0 Å². The van der Waals surface area contributed by atoms with Crippen molar-refractivity contribution in [3.8, 4) is 0 Å². The number of carbonyl (C=O) groups is 2. The average Bonchev–Trinajstić information content (AvgIpc) is 2.16. The van der Waals surface area contributed by atoms with Crippen molar-refractivity contribution in [2.24, 2.45) is 0 Å². The van der Waals surface area contributed by atoms with E-state index < -0.39 is 11.9 Å². The second-order valence-electron chi connectivity index (χ2n) is 2.47. The molecule has 0 saturated heterocycles. The van der Waals surface area contributed by atoms with E-state index in [9.17, 15) is 14.7 Å². The highest BCUT2D eigenvalue weighted by Crippen LogP contribution is 2.17. The van der Waals surface area contributed by atoms with Gasteiger partial charge < -0.3 is 14.6 Å². The molecule has 74 valence electrons. The number of methoxy groups -OCH3 is 1. The van der Waals surface area contributed by atoms with Gasteiger partial charge in [0.2, 0.25) is 0 Å². The molecule has 0 heterocycles. The number of carboxylic acid groups (broad SMARTS) is 1. The molecule has 4 nitrogen and oxygen atoms in total. The normalized spacial score (nSPS) is 9.57. The van der Waals surface area contributed by atoms with Crippen LogP contribution in [0.5, 0.6) is 0 Å². The third-order valence-corrected chi connectivity index (χ3v) is 2.10. The molecule has 1 aromatic rings. The van der Waals surface area contributed by atoms with Crippen LogP contribution in [0.3, 0.4) is 0 Å². The second kappa shape index (κ2) is 4.23. The van der Waals surface area contributed by atoms with Gasteiger partial charge in [-0.3, -0.25) is 0 Å². The molecule has 5 heteroatoms. The fourth-order valence-electron chi connectivity index (χ4n) is 0.973. The van der Waals surface area contributed by atoms with Crippen LogP contribution in [0.4, 0.5) is 0 Å². The van der Waals surface area contributed by atoms with E-state index in [-0.39, 0.29) is 11.1 Å². The predicted octanol–water partition coefficient (Wildman–Crippen LogP) is 0.599. The van der Waals surface area contributed by atoms with Gasteiger partial charge in [0.15, 0.2) is 0 Å². The lowest BCUT2D eigenvalue weighted by atomic mass is 10.1. The van der Waals surface area contributed by atoms with E-state index in [1.807, 2.05) is 0 Å². The molecule has 0 saturated carbocycles. The number of hydrogen-bond donors (Lipinski definition) is 0. The summed E-state index contributed by atoms with van der Waals surface area (Å²) in [7, 11) is 1.18. The fourth-order valence-corrected chi connectivity index (χ4v) is 1.33. The monoisotopic (exact) mass is 257 g/mol. The van der Waals surface area contributed by atoms with Gasteiger partial charge in [-0.25, -0.2) is 4.79 Å². The molecule has 1 aromatic carbocycles. The van der Waals surface area contributed by atoms with Crippen LogP contribution < -0.4 is 5.11 Å².